The maximum Gasteiger partial charge on any atom is 0.246 e. The van der Waals surface area contributed by atoms with Crippen LogP contribution in [0.3, 0.4) is 0 Å². The highest BCUT2D eigenvalue weighted by atomic mass is 32.2. The van der Waals surface area contributed by atoms with Crippen molar-refractivity contribution in [1.29, 1.82) is 0 Å². The van der Waals surface area contributed by atoms with Gasteiger partial charge >= 0.3 is 0 Å². The topological polar surface area (TPSA) is 311 Å². The third kappa shape index (κ3) is 9.66. The average Bonchev–Trinajstić information content (AvgIpc) is 3.61. The minimum absolute atomic E-state index is 0.0523. The molecular weight excluding hydrogens is 648 g/mol. The molecule has 48 heavy (non-hydrogen) atoms. The number of hydrogen-bond acceptors (Lipinski definition) is 11. The number of aryl methyl sites for hydroxylation is 1. The molecule has 0 bridgehead atoms. The maximum absolute atomic E-state index is 13.6. The molecule has 1 aliphatic rings. The van der Waals surface area contributed by atoms with E-state index in [4.69, 9.17) is 22.9 Å². The summed E-state index contributed by atoms with van der Waals surface area (Å²) in [5.41, 5.74) is 24.7. The summed E-state index contributed by atoms with van der Waals surface area (Å²) < 4.78 is 0. The number of likely N-dealkylation sites (tertiary alicyclic amines) is 1. The molecule has 0 saturated carbocycles. The van der Waals surface area contributed by atoms with Gasteiger partial charge in [0.1, 0.15) is 18.1 Å². The van der Waals surface area contributed by atoms with E-state index in [0.717, 1.165) is 33.1 Å². The van der Waals surface area contributed by atoms with E-state index in [9.17, 15) is 38.7 Å². The Kier molecular flexibility index (Phi) is 13.3. The molecule has 0 unspecified atom stereocenters. The minimum atomic E-state index is -1.54. The summed E-state index contributed by atoms with van der Waals surface area (Å²) in [7, 11) is 1.43. The Bertz CT molecular complexity index is 1570. The Balaban J connectivity index is 1.87. The number of nitrogens with one attached hydrogen (secondary N) is 5. The summed E-state index contributed by atoms with van der Waals surface area (Å²) in [6.45, 7) is 0.910. The number of amides is 7. The number of carbonyl (C=O) groups is 7. The van der Waals surface area contributed by atoms with Gasteiger partial charge in [-0.1, -0.05) is 12.1 Å². The first-order valence-electron chi connectivity index (χ1n) is 15.0. The van der Waals surface area contributed by atoms with Gasteiger partial charge in [0.15, 0.2) is 0 Å². The number of aromatic nitrogens is 1. The molecule has 7 amide bonds. The fourth-order valence-electron chi connectivity index (χ4n) is 5.30. The van der Waals surface area contributed by atoms with Gasteiger partial charge in [0, 0.05) is 36.7 Å². The lowest BCUT2D eigenvalue weighted by molar-refractivity contribution is -0.142. The molecule has 1 aliphatic heterocycles. The molecule has 1 aromatic heterocycles. The van der Waals surface area contributed by atoms with E-state index >= 15 is 0 Å². The van der Waals surface area contributed by atoms with E-state index in [1.54, 1.807) is 0 Å². The number of hydrogen-bond donors (Lipinski definition) is 10. The van der Waals surface area contributed by atoms with Gasteiger partial charge in [-0.15, -0.1) is 11.8 Å². The zero-order valence-electron chi connectivity index (χ0n) is 26.5. The first-order valence-corrected chi connectivity index (χ1v) is 16.0. The smallest absolute Gasteiger partial charge is 0.246 e. The molecule has 0 aliphatic carbocycles. The molecule has 18 nitrogen and oxygen atoms in total. The number of nitrogens with zero attached hydrogens (tertiary/aromatic N) is 1. The number of rotatable bonds is 16. The first-order chi connectivity index (χ1) is 22.7. The van der Waals surface area contributed by atoms with Crippen molar-refractivity contribution >= 4 is 64.0 Å². The summed E-state index contributed by atoms with van der Waals surface area (Å²) in [5.74, 6) is -5.29. The molecule has 0 spiro atoms. The van der Waals surface area contributed by atoms with E-state index in [1.165, 1.54) is 7.05 Å². The summed E-state index contributed by atoms with van der Waals surface area (Å²) in [6.07, 6.45) is -1.75. The SMILES string of the molecule is CNC(=O)CNC(=O)[C@H](N)Cc1c(SC[C@@H](NC(=O)CN)C(=O)N[C@@H](CC(N)=O)C(=O)N2C[C@H](O)C[C@H]2C(N)=O)[nH]c2cccc(C)c12. The number of aliphatic hydroxyl groups excluding tert-OH is 1. The summed E-state index contributed by atoms with van der Waals surface area (Å²) in [5, 5.41) is 21.2. The molecule has 1 saturated heterocycles. The third-order valence-electron chi connectivity index (χ3n) is 7.70. The van der Waals surface area contributed by atoms with Crippen LogP contribution in [0.4, 0.5) is 0 Å². The maximum atomic E-state index is 13.6. The number of thioether (sulfide) groups is 1. The van der Waals surface area contributed by atoms with Crippen molar-refractivity contribution in [3.05, 3.63) is 29.3 Å². The molecule has 1 fully saturated rings. The van der Waals surface area contributed by atoms with Gasteiger partial charge in [-0.3, -0.25) is 33.6 Å². The fraction of sp³-hybridized carbons (Fsp3) is 0.483. The predicted octanol–water partition coefficient (Wildman–Crippen LogP) is -4.45. The second-order valence-electron chi connectivity index (χ2n) is 11.3. The fourth-order valence-corrected chi connectivity index (χ4v) is 6.41. The van der Waals surface area contributed by atoms with Gasteiger partial charge in [0.2, 0.25) is 41.4 Å². The highest BCUT2D eigenvalue weighted by Crippen LogP contribution is 2.33. The Hall–Kier alpha value is -4.72. The Morgan fingerprint density at radius 1 is 1.06 bits per heavy atom. The second-order valence-corrected chi connectivity index (χ2v) is 12.3. The van der Waals surface area contributed by atoms with Gasteiger partial charge in [-0.05, 0) is 30.5 Å². The zero-order valence-corrected chi connectivity index (χ0v) is 27.4. The van der Waals surface area contributed by atoms with Crippen LogP contribution in [0, 0.1) is 6.92 Å². The lowest BCUT2D eigenvalue weighted by atomic mass is 10.0. The number of nitrogens with two attached hydrogens (primary N) is 4. The molecule has 19 heteroatoms. The number of fused-ring (bicyclic) bond motifs is 1. The summed E-state index contributed by atoms with van der Waals surface area (Å²) >= 11 is 1.12. The molecule has 2 heterocycles. The molecule has 3 rings (SSSR count). The lowest BCUT2D eigenvalue weighted by Gasteiger charge is -2.28. The normalized spacial score (nSPS) is 17.6. The first kappa shape index (κ1) is 37.7. The number of β-amino-alcohol motifs (C(OH)–C–C–N with tert-alkyl or cyclic N) is 1. The van der Waals surface area contributed by atoms with Crippen LogP contribution in [0.25, 0.3) is 10.9 Å². The highest BCUT2D eigenvalue weighted by molar-refractivity contribution is 7.99. The monoisotopic (exact) mass is 690 g/mol. The van der Waals surface area contributed by atoms with Crippen LogP contribution < -0.4 is 44.2 Å². The Morgan fingerprint density at radius 3 is 2.40 bits per heavy atom. The Labute approximate surface area is 279 Å². The van der Waals surface area contributed by atoms with Crippen LogP contribution >= 0.6 is 11.8 Å². The molecule has 262 valence electrons. The van der Waals surface area contributed by atoms with Gasteiger partial charge in [0.05, 0.1) is 36.7 Å². The molecule has 14 N–H and O–H groups in total. The van der Waals surface area contributed by atoms with Crippen LogP contribution in [0.2, 0.25) is 0 Å². The highest BCUT2D eigenvalue weighted by Gasteiger charge is 2.41. The third-order valence-corrected chi connectivity index (χ3v) is 8.84. The van der Waals surface area contributed by atoms with Gasteiger partial charge in [0.25, 0.3) is 0 Å². The average molecular weight is 691 g/mol. The van der Waals surface area contributed by atoms with E-state index in [1.807, 2.05) is 25.1 Å². The summed E-state index contributed by atoms with van der Waals surface area (Å²) in [4.78, 5) is 91.7. The molecule has 1 aromatic carbocycles. The number of primary amides is 2. The van der Waals surface area contributed by atoms with Crippen LogP contribution in [-0.2, 0) is 40.0 Å². The van der Waals surface area contributed by atoms with Crippen LogP contribution in [-0.4, -0.2) is 119 Å². The van der Waals surface area contributed by atoms with Crippen molar-refractivity contribution < 1.29 is 38.7 Å². The zero-order chi connectivity index (χ0) is 35.7. The molecule has 0 radical (unpaired) electrons. The number of H-pyrrole nitrogens is 1. The van der Waals surface area contributed by atoms with Crippen molar-refractivity contribution in [3.8, 4) is 0 Å². The lowest BCUT2D eigenvalue weighted by Crippen LogP contribution is -2.58. The Morgan fingerprint density at radius 2 is 1.77 bits per heavy atom. The second kappa shape index (κ2) is 16.9. The van der Waals surface area contributed by atoms with Crippen molar-refractivity contribution in [2.45, 2.75) is 61.5 Å². The number of aromatic amines is 1. The minimum Gasteiger partial charge on any atom is -0.391 e. The van der Waals surface area contributed by atoms with E-state index in [-0.39, 0.29) is 31.7 Å². The number of aliphatic hydroxyl groups is 1. The molecule has 5 atom stereocenters. The van der Waals surface area contributed by atoms with E-state index < -0.39 is 84.6 Å². The van der Waals surface area contributed by atoms with Gasteiger partial charge in [-0.2, -0.15) is 0 Å². The quantitative estimate of drug-likeness (QED) is 0.0749. The van der Waals surface area contributed by atoms with Crippen molar-refractivity contribution in [1.82, 2.24) is 31.2 Å². The number of likely N-dealkylation sites (N-methyl/N-ethyl adjacent to an activating group) is 1. The summed E-state index contributed by atoms with van der Waals surface area (Å²) in [6, 6.07) is 0.487. The number of carbonyl (C=O) groups excluding carboxylic acids is 7. The van der Waals surface area contributed by atoms with Crippen molar-refractivity contribution in [2.24, 2.45) is 22.9 Å². The largest absolute Gasteiger partial charge is 0.391 e. The van der Waals surface area contributed by atoms with Crippen LogP contribution in [0.1, 0.15) is 24.0 Å². The van der Waals surface area contributed by atoms with Gasteiger partial charge in [-0.25, -0.2) is 0 Å². The number of benzene rings is 1. The van der Waals surface area contributed by atoms with Crippen LogP contribution in [0.5, 0.6) is 0 Å². The molecular formula is C29H42N10O8S. The van der Waals surface area contributed by atoms with Crippen LogP contribution in [0.15, 0.2) is 23.2 Å². The van der Waals surface area contributed by atoms with E-state index in [0.29, 0.717) is 10.6 Å². The predicted molar refractivity (Wildman–Crippen MR) is 175 cm³/mol. The van der Waals surface area contributed by atoms with Crippen molar-refractivity contribution in [3.63, 3.8) is 0 Å². The van der Waals surface area contributed by atoms with Gasteiger partial charge < -0.3 is 59.2 Å². The van der Waals surface area contributed by atoms with E-state index in [2.05, 4.69) is 26.3 Å². The standard InChI is InChI=1S/C29H42N10O8S/c1-13-4-3-5-17-24(13)15(7-16(31)26(45)35-10-23(43)34-2)28(38-17)48-12-19(36-22(42)9-30)27(46)37-18(8-21(32)41)29(47)39-11-14(40)6-20(39)25(33)44/h3-5,14,16,18-20,38,40H,6-12,30-31H2,1-2H3,(H2,32,41)(H2,33,44)(H,34,43)(H,35,45)(H,36,42)(H,37,46)/t14-,16-,18+,19-,20+/m1/s1. The molecule has 2 aromatic rings. The van der Waals surface area contributed by atoms with Crippen molar-refractivity contribution in [2.75, 3.05) is 32.4 Å².